The molecule has 4 nitrogen and oxygen atoms in total. The number of carbonyl (C=O) groups is 1. The first-order valence-electron chi connectivity index (χ1n) is 9.73. The first-order chi connectivity index (χ1) is 14.3. The van der Waals surface area contributed by atoms with Crippen molar-refractivity contribution < 1.29 is 9.53 Å². The van der Waals surface area contributed by atoms with Crippen LogP contribution in [0.25, 0.3) is 10.9 Å². The van der Waals surface area contributed by atoms with E-state index in [4.69, 9.17) is 4.74 Å². The third-order valence-corrected chi connectivity index (χ3v) is 5.17. The zero-order valence-electron chi connectivity index (χ0n) is 16.4. The van der Waals surface area contributed by atoms with E-state index in [9.17, 15) is 4.79 Å². The Hall–Kier alpha value is -3.37. The molecule has 1 unspecified atom stereocenters. The lowest BCUT2D eigenvalue weighted by Crippen LogP contribution is -2.29. The molecule has 1 amide bonds. The van der Waals surface area contributed by atoms with Crippen molar-refractivity contribution >= 4 is 16.8 Å². The monoisotopic (exact) mass is 384 g/mol. The molecule has 0 fully saturated rings. The van der Waals surface area contributed by atoms with Gasteiger partial charge in [0.1, 0.15) is 0 Å². The average Bonchev–Trinajstić information content (AvgIpc) is 3.19. The highest BCUT2D eigenvalue weighted by Gasteiger charge is 2.19. The minimum Gasteiger partial charge on any atom is -0.380 e. The molecule has 0 radical (unpaired) electrons. The maximum Gasteiger partial charge on any atom is 0.251 e. The molecule has 0 aliphatic carbocycles. The highest BCUT2D eigenvalue weighted by atomic mass is 16.5. The highest BCUT2D eigenvalue weighted by Crippen LogP contribution is 2.30. The fourth-order valence-corrected chi connectivity index (χ4v) is 3.74. The van der Waals surface area contributed by atoms with E-state index >= 15 is 0 Å². The second kappa shape index (κ2) is 8.76. The lowest BCUT2D eigenvalue weighted by molar-refractivity contribution is 0.0952. The predicted octanol–water partition coefficient (Wildman–Crippen LogP) is 4.88. The Morgan fingerprint density at radius 1 is 1.00 bits per heavy atom. The minimum atomic E-state index is -0.0799. The number of aromatic amines is 1. The third-order valence-electron chi connectivity index (χ3n) is 5.17. The van der Waals surface area contributed by atoms with Gasteiger partial charge in [-0.2, -0.15) is 0 Å². The number of carbonyl (C=O) groups excluding carboxylic acids is 1. The number of ether oxygens (including phenoxy) is 1. The van der Waals surface area contributed by atoms with E-state index in [2.05, 4.69) is 34.6 Å². The predicted molar refractivity (Wildman–Crippen MR) is 116 cm³/mol. The first kappa shape index (κ1) is 19.0. The molecule has 1 heterocycles. The van der Waals surface area contributed by atoms with Gasteiger partial charge in [0, 0.05) is 42.2 Å². The molecule has 4 rings (SSSR count). The van der Waals surface area contributed by atoms with Gasteiger partial charge in [-0.3, -0.25) is 4.79 Å². The van der Waals surface area contributed by atoms with Crippen LogP contribution in [0, 0.1) is 0 Å². The average molecular weight is 384 g/mol. The molecule has 146 valence electrons. The molecular formula is C25H24N2O2. The Bertz CT molecular complexity index is 1100. The van der Waals surface area contributed by atoms with Gasteiger partial charge in [0.25, 0.3) is 5.91 Å². The van der Waals surface area contributed by atoms with Crippen molar-refractivity contribution in [3.8, 4) is 0 Å². The topological polar surface area (TPSA) is 54.1 Å². The molecular weight excluding hydrogens is 360 g/mol. The van der Waals surface area contributed by atoms with Gasteiger partial charge in [-0.05, 0) is 34.9 Å². The molecule has 3 aromatic carbocycles. The van der Waals surface area contributed by atoms with Crippen LogP contribution >= 0.6 is 0 Å². The van der Waals surface area contributed by atoms with Crippen molar-refractivity contribution in [1.29, 1.82) is 0 Å². The SMILES string of the molecule is COCc1cccc(C(=O)NCC(c2ccccc2)c2c[nH]c3ccccc23)c1. The Morgan fingerprint density at radius 2 is 1.79 bits per heavy atom. The van der Waals surface area contributed by atoms with Crippen LogP contribution in [-0.4, -0.2) is 24.5 Å². The number of amides is 1. The summed E-state index contributed by atoms with van der Waals surface area (Å²) in [4.78, 5) is 16.2. The standard InChI is InChI=1S/C25H24N2O2/c1-29-17-18-8-7-11-20(14-18)25(28)27-15-22(19-9-3-2-4-10-19)23-16-26-24-13-6-5-12-21(23)24/h2-14,16,22,26H,15,17H2,1H3,(H,27,28). The molecule has 4 heteroatoms. The van der Waals surface area contributed by atoms with Crippen molar-refractivity contribution in [2.75, 3.05) is 13.7 Å². The maximum atomic E-state index is 12.8. The molecule has 0 aliphatic rings. The van der Waals surface area contributed by atoms with E-state index in [0.717, 1.165) is 11.1 Å². The number of hydrogen-bond donors (Lipinski definition) is 2. The Morgan fingerprint density at radius 3 is 2.62 bits per heavy atom. The largest absolute Gasteiger partial charge is 0.380 e. The molecule has 0 saturated heterocycles. The van der Waals surface area contributed by atoms with Crippen molar-refractivity contribution in [1.82, 2.24) is 10.3 Å². The van der Waals surface area contributed by atoms with E-state index in [1.54, 1.807) is 7.11 Å². The van der Waals surface area contributed by atoms with E-state index in [1.165, 1.54) is 16.5 Å². The lowest BCUT2D eigenvalue weighted by atomic mass is 9.91. The Labute approximate surface area is 170 Å². The quantitative estimate of drug-likeness (QED) is 0.477. The van der Waals surface area contributed by atoms with Crippen molar-refractivity contribution in [3.05, 3.63) is 107 Å². The molecule has 0 bridgehead atoms. The molecule has 29 heavy (non-hydrogen) atoms. The fourth-order valence-electron chi connectivity index (χ4n) is 3.74. The van der Waals surface area contributed by atoms with Gasteiger partial charge in [0.2, 0.25) is 0 Å². The number of benzene rings is 3. The number of aromatic nitrogens is 1. The summed E-state index contributed by atoms with van der Waals surface area (Å²) in [6.45, 7) is 1.00. The first-order valence-corrected chi connectivity index (χ1v) is 9.73. The molecule has 1 atom stereocenters. The summed E-state index contributed by atoms with van der Waals surface area (Å²) in [5.41, 5.74) is 5.08. The van der Waals surface area contributed by atoms with Crippen LogP contribution in [0.1, 0.15) is 33.0 Å². The van der Waals surface area contributed by atoms with Crippen molar-refractivity contribution in [2.45, 2.75) is 12.5 Å². The third kappa shape index (κ3) is 4.23. The summed E-state index contributed by atoms with van der Waals surface area (Å²) >= 11 is 0. The smallest absolute Gasteiger partial charge is 0.251 e. The summed E-state index contributed by atoms with van der Waals surface area (Å²) < 4.78 is 5.17. The van der Waals surface area contributed by atoms with Crippen LogP contribution in [0.3, 0.4) is 0 Å². The van der Waals surface area contributed by atoms with Gasteiger partial charge in [0.15, 0.2) is 0 Å². The lowest BCUT2D eigenvalue weighted by Gasteiger charge is -2.18. The van der Waals surface area contributed by atoms with Crippen LogP contribution in [0.15, 0.2) is 85.1 Å². The molecule has 0 spiro atoms. The van der Waals surface area contributed by atoms with Gasteiger partial charge in [-0.15, -0.1) is 0 Å². The number of methoxy groups -OCH3 is 1. The zero-order chi connectivity index (χ0) is 20.1. The van der Waals surface area contributed by atoms with Gasteiger partial charge in [-0.1, -0.05) is 60.7 Å². The van der Waals surface area contributed by atoms with E-state index in [-0.39, 0.29) is 11.8 Å². The van der Waals surface area contributed by atoms with Crippen molar-refractivity contribution in [3.63, 3.8) is 0 Å². The zero-order valence-corrected chi connectivity index (χ0v) is 16.4. The molecule has 0 saturated carbocycles. The normalized spacial score (nSPS) is 12.0. The summed E-state index contributed by atoms with van der Waals surface area (Å²) in [5, 5.41) is 4.30. The van der Waals surface area contributed by atoms with E-state index in [1.807, 2.05) is 60.8 Å². The number of hydrogen-bond acceptors (Lipinski definition) is 2. The summed E-state index contributed by atoms with van der Waals surface area (Å²) in [6.07, 6.45) is 2.05. The van der Waals surface area contributed by atoms with Gasteiger partial charge < -0.3 is 15.0 Å². The van der Waals surface area contributed by atoms with Gasteiger partial charge in [0.05, 0.1) is 6.61 Å². The van der Waals surface area contributed by atoms with Crippen LogP contribution in [-0.2, 0) is 11.3 Å². The number of H-pyrrole nitrogens is 1. The molecule has 2 N–H and O–H groups in total. The van der Waals surface area contributed by atoms with Gasteiger partial charge in [-0.25, -0.2) is 0 Å². The number of rotatable bonds is 7. The second-order valence-corrected chi connectivity index (χ2v) is 7.10. The molecule has 0 aliphatic heterocycles. The van der Waals surface area contributed by atoms with Crippen LogP contribution in [0.4, 0.5) is 0 Å². The summed E-state index contributed by atoms with van der Waals surface area (Å²) in [5.74, 6) is -0.0258. The molecule has 1 aromatic heterocycles. The van der Waals surface area contributed by atoms with Crippen LogP contribution in [0.2, 0.25) is 0 Å². The van der Waals surface area contributed by atoms with Gasteiger partial charge >= 0.3 is 0 Å². The van der Waals surface area contributed by atoms with Crippen LogP contribution in [0.5, 0.6) is 0 Å². The second-order valence-electron chi connectivity index (χ2n) is 7.10. The summed E-state index contributed by atoms with van der Waals surface area (Å²) in [6, 6.07) is 26.1. The molecule has 4 aromatic rings. The number of nitrogens with one attached hydrogen (secondary N) is 2. The van der Waals surface area contributed by atoms with E-state index in [0.29, 0.717) is 18.7 Å². The fraction of sp³-hybridized carbons (Fsp3) is 0.160. The minimum absolute atomic E-state index is 0.0541. The van der Waals surface area contributed by atoms with Crippen LogP contribution < -0.4 is 5.32 Å². The maximum absolute atomic E-state index is 12.8. The highest BCUT2D eigenvalue weighted by molar-refractivity contribution is 5.94. The van der Waals surface area contributed by atoms with E-state index < -0.39 is 0 Å². The Balaban J connectivity index is 1.60. The number of fused-ring (bicyclic) bond motifs is 1. The van der Waals surface area contributed by atoms with Crippen molar-refractivity contribution in [2.24, 2.45) is 0 Å². The number of para-hydroxylation sites is 1. The Kier molecular flexibility index (Phi) is 5.73. The summed E-state index contributed by atoms with van der Waals surface area (Å²) in [7, 11) is 1.65.